The van der Waals surface area contributed by atoms with Crippen LogP contribution in [0.5, 0.6) is 0 Å². The molecule has 0 spiro atoms. The Bertz CT molecular complexity index is 562. The van der Waals surface area contributed by atoms with Crippen molar-refractivity contribution in [2.24, 2.45) is 11.5 Å². The molecular weight excluding hydrogens is 228 g/mol. The van der Waals surface area contributed by atoms with Gasteiger partial charge in [0.05, 0.1) is 17.8 Å². The zero-order valence-electron chi connectivity index (χ0n) is 10.2. The second kappa shape index (κ2) is 5.01. The van der Waals surface area contributed by atoms with E-state index in [0.717, 1.165) is 11.1 Å². The van der Waals surface area contributed by atoms with E-state index < -0.39 is 5.91 Å². The lowest BCUT2D eigenvalue weighted by Gasteiger charge is -2.18. The van der Waals surface area contributed by atoms with Gasteiger partial charge in [0.2, 0.25) is 0 Å². The van der Waals surface area contributed by atoms with Gasteiger partial charge in [-0.25, -0.2) is 0 Å². The van der Waals surface area contributed by atoms with Gasteiger partial charge in [0, 0.05) is 12.7 Å². The summed E-state index contributed by atoms with van der Waals surface area (Å²) in [6, 6.07) is 7.89. The average Bonchev–Trinajstić information content (AvgIpc) is 2.82. The normalized spacial score (nSPS) is 12.3. The maximum Gasteiger partial charge on any atom is 0.251 e. The van der Waals surface area contributed by atoms with Crippen LogP contribution in [-0.2, 0) is 0 Å². The molecule has 1 aromatic carbocycles. The number of aryl methyl sites for hydroxylation is 1. The minimum atomic E-state index is -0.484. The Kier molecular flexibility index (Phi) is 3.43. The third kappa shape index (κ3) is 2.26. The second-order valence-corrected chi connectivity index (χ2v) is 4.18. The van der Waals surface area contributed by atoms with E-state index in [1.165, 1.54) is 6.20 Å². The Morgan fingerprint density at radius 3 is 2.72 bits per heavy atom. The third-order valence-corrected chi connectivity index (χ3v) is 2.98. The van der Waals surface area contributed by atoms with Crippen molar-refractivity contribution in [3.63, 3.8) is 0 Å². The van der Waals surface area contributed by atoms with Crippen molar-refractivity contribution in [1.29, 1.82) is 0 Å². The van der Waals surface area contributed by atoms with Gasteiger partial charge in [0.15, 0.2) is 0 Å². The fourth-order valence-corrected chi connectivity index (χ4v) is 1.97. The molecule has 1 atom stereocenters. The molecule has 0 fully saturated rings. The van der Waals surface area contributed by atoms with Gasteiger partial charge in [-0.2, -0.15) is 5.10 Å². The summed E-state index contributed by atoms with van der Waals surface area (Å²) in [6.45, 7) is 2.43. The van der Waals surface area contributed by atoms with Gasteiger partial charge in [-0.3, -0.25) is 9.48 Å². The van der Waals surface area contributed by atoms with E-state index in [1.807, 2.05) is 31.2 Å². The number of hydrogen-bond donors (Lipinski definition) is 2. The highest BCUT2D eigenvalue weighted by Gasteiger charge is 2.16. The summed E-state index contributed by atoms with van der Waals surface area (Å²) in [5, 5.41) is 4.16. The summed E-state index contributed by atoms with van der Waals surface area (Å²) in [5.41, 5.74) is 13.7. The Morgan fingerprint density at radius 1 is 1.44 bits per heavy atom. The van der Waals surface area contributed by atoms with Crippen LogP contribution < -0.4 is 11.5 Å². The molecule has 0 bridgehead atoms. The minimum absolute atomic E-state index is 0.0840. The zero-order chi connectivity index (χ0) is 13.1. The van der Waals surface area contributed by atoms with Gasteiger partial charge < -0.3 is 11.5 Å². The predicted molar refractivity (Wildman–Crippen MR) is 69.1 cm³/mol. The van der Waals surface area contributed by atoms with Gasteiger partial charge in [0.1, 0.15) is 0 Å². The first kappa shape index (κ1) is 12.3. The molecule has 0 aliphatic heterocycles. The van der Waals surface area contributed by atoms with Gasteiger partial charge in [0.25, 0.3) is 5.91 Å². The number of primary amides is 1. The first-order valence-electron chi connectivity index (χ1n) is 5.73. The van der Waals surface area contributed by atoms with Crippen LogP contribution in [0.25, 0.3) is 0 Å². The van der Waals surface area contributed by atoms with Crippen LogP contribution in [-0.4, -0.2) is 22.2 Å². The number of carbonyl (C=O) groups is 1. The van der Waals surface area contributed by atoms with Crippen molar-refractivity contribution in [3.8, 4) is 0 Å². The first-order valence-corrected chi connectivity index (χ1v) is 5.73. The third-order valence-electron chi connectivity index (χ3n) is 2.98. The lowest BCUT2D eigenvalue weighted by atomic mass is 10.0. The number of hydrogen-bond acceptors (Lipinski definition) is 3. The summed E-state index contributed by atoms with van der Waals surface area (Å²) >= 11 is 0. The molecule has 2 rings (SSSR count). The Labute approximate surface area is 105 Å². The fourth-order valence-electron chi connectivity index (χ4n) is 1.97. The largest absolute Gasteiger partial charge is 0.366 e. The lowest BCUT2D eigenvalue weighted by Crippen LogP contribution is -2.21. The van der Waals surface area contributed by atoms with E-state index >= 15 is 0 Å². The molecule has 94 valence electrons. The number of rotatable bonds is 4. The van der Waals surface area contributed by atoms with Gasteiger partial charge in [-0.05, 0) is 18.1 Å². The lowest BCUT2D eigenvalue weighted by molar-refractivity contribution is 0.1000. The predicted octanol–water partition coefficient (Wildman–Crippen LogP) is 0.839. The van der Waals surface area contributed by atoms with Gasteiger partial charge in [-0.15, -0.1) is 0 Å². The van der Waals surface area contributed by atoms with Gasteiger partial charge >= 0.3 is 0 Å². The van der Waals surface area contributed by atoms with E-state index in [-0.39, 0.29) is 6.04 Å². The second-order valence-electron chi connectivity index (χ2n) is 4.18. The summed E-state index contributed by atoms with van der Waals surface area (Å²) in [4.78, 5) is 11.1. The molecule has 0 radical (unpaired) electrons. The number of benzene rings is 1. The molecule has 5 heteroatoms. The maximum absolute atomic E-state index is 11.1. The molecule has 1 aromatic heterocycles. The van der Waals surface area contributed by atoms with E-state index in [9.17, 15) is 4.79 Å². The summed E-state index contributed by atoms with van der Waals surface area (Å²) < 4.78 is 1.68. The molecule has 1 unspecified atom stereocenters. The van der Waals surface area contributed by atoms with Crippen LogP contribution >= 0.6 is 0 Å². The quantitative estimate of drug-likeness (QED) is 0.835. The smallest absolute Gasteiger partial charge is 0.251 e. The van der Waals surface area contributed by atoms with Crippen LogP contribution in [0.3, 0.4) is 0 Å². The van der Waals surface area contributed by atoms with E-state index in [1.54, 1.807) is 10.9 Å². The number of aromatic nitrogens is 2. The van der Waals surface area contributed by atoms with Crippen LogP contribution in [0.15, 0.2) is 36.7 Å². The number of nitrogens with two attached hydrogens (primary N) is 2. The monoisotopic (exact) mass is 244 g/mol. The SMILES string of the molecule is Cc1ccccc1C(CN)n1cc(C(N)=O)cn1. The summed E-state index contributed by atoms with van der Waals surface area (Å²) in [5.74, 6) is -0.484. The van der Waals surface area contributed by atoms with Crippen molar-refractivity contribution in [2.75, 3.05) is 6.54 Å². The van der Waals surface area contributed by atoms with Crippen molar-refractivity contribution < 1.29 is 4.79 Å². The highest BCUT2D eigenvalue weighted by molar-refractivity contribution is 5.92. The molecule has 1 heterocycles. The molecule has 0 aliphatic carbocycles. The van der Waals surface area contributed by atoms with E-state index in [0.29, 0.717) is 12.1 Å². The molecule has 2 aromatic rings. The Morgan fingerprint density at radius 2 is 2.17 bits per heavy atom. The number of nitrogens with zero attached hydrogens (tertiary/aromatic N) is 2. The molecule has 0 saturated carbocycles. The van der Waals surface area contributed by atoms with Crippen LogP contribution in [0, 0.1) is 6.92 Å². The maximum atomic E-state index is 11.1. The van der Waals surface area contributed by atoms with Crippen LogP contribution in [0.4, 0.5) is 0 Å². The highest BCUT2D eigenvalue weighted by atomic mass is 16.1. The van der Waals surface area contributed by atoms with Crippen LogP contribution in [0.1, 0.15) is 27.5 Å². The van der Waals surface area contributed by atoms with Crippen molar-refractivity contribution in [3.05, 3.63) is 53.3 Å². The fraction of sp³-hybridized carbons (Fsp3) is 0.231. The molecule has 1 amide bonds. The molecular formula is C13H16N4O. The van der Waals surface area contributed by atoms with Gasteiger partial charge in [-0.1, -0.05) is 24.3 Å². The average molecular weight is 244 g/mol. The Balaban J connectivity index is 2.39. The molecule has 5 nitrogen and oxygen atoms in total. The minimum Gasteiger partial charge on any atom is -0.366 e. The highest BCUT2D eigenvalue weighted by Crippen LogP contribution is 2.20. The van der Waals surface area contributed by atoms with E-state index in [2.05, 4.69) is 5.10 Å². The van der Waals surface area contributed by atoms with Crippen molar-refractivity contribution in [2.45, 2.75) is 13.0 Å². The summed E-state index contributed by atoms with van der Waals surface area (Å²) in [7, 11) is 0. The zero-order valence-corrected chi connectivity index (χ0v) is 10.2. The topological polar surface area (TPSA) is 86.9 Å². The Hall–Kier alpha value is -2.14. The van der Waals surface area contributed by atoms with E-state index in [4.69, 9.17) is 11.5 Å². The first-order chi connectivity index (χ1) is 8.63. The molecule has 18 heavy (non-hydrogen) atoms. The van der Waals surface area contributed by atoms with Crippen molar-refractivity contribution in [1.82, 2.24) is 9.78 Å². The molecule has 4 N–H and O–H groups in total. The molecule has 0 aliphatic rings. The number of amides is 1. The standard InChI is InChI=1S/C13H16N4O/c1-9-4-2-3-5-11(9)12(6-14)17-8-10(7-16-17)13(15)18/h2-5,7-8,12H,6,14H2,1H3,(H2,15,18). The molecule has 0 saturated heterocycles. The van der Waals surface area contributed by atoms with Crippen LogP contribution in [0.2, 0.25) is 0 Å². The number of carbonyl (C=O) groups excluding carboxylic acids is 1. The van der Waals surface area contributed by atoms with Crippen molar-refractivity contribution >= 4 is 5.91 Å². The summed E-state index contributed by atoms with van der Waals surface area (Å²) in [6.07, 6.45) is 3.09.